The molecule has 1 saturated carbocycles. The molecule has 0 saturated heterocycles. The van der Waals surface area contributed by atoms with Crippen LogP contribution in [-0.2, 0) is 10.0 Å². The number of nitrogens with two attached hydrogens (primary N) is 1. The summed E-state index contributed by atoms with van der Waals surface area (Å²) < 4.78 is 25.6. The average Bonchev–Trinajstić information content (AvgIpc) is 2.60. The predicted molar refractivity (Wildman–Crippen MR) is 57.4 cm³/mol. The van der Waals surface area contributed by atoms with Crippen LogP contribution in [0.5, 0.6) is 0 Å². The standard InChI is InChI=1S/C9H20N2O2S/c1-9(2,3)4-5-14(12,13)11-8-6-7(8)10/h7-8,11H,4-6,10H2,1-3H3. The summed E-state index contributed by atoms with van der Waals surface area (Å²) in [7, 11) is -3.11. The smallest absolute Gasteiger partial charge is 0.211 e. The van der Waals surface area contributed by atoms with Gasteiger partial charge >= 0.3 is 0 Å². The van der Waals surface area contributed by atoms with E-state index >= 15 is 0 Å². The first-order valence-corrected chi connectivity index (χ1v) is 6.60. The Labute approximate surface area is 86.3 Å². The van der Waals surface area contributed by atoms with Crippen LogP contribution in [0, 0.1) is 5.41 Å². The first-order chi connectivity index (χ1) is 6.20. The van der Waals surface area contributed by atoms with Crippen LogP contribution in [-0.4, -0.2) is 26.3 Å². The second-order valence-electron chi connectivity index (χ2n) is 5.25. The lowest BCUT2D eigenvalue weighted by atomic mass is 9.94. The van der Waals surface area contributed by atoms with Gasteiger partial charge in [-0.05, 0) is 18.3 Å². The van der Waals surface area contributed by atoms with E-state index in [2.05, 4.69) is 4.72 Å². The van der Waals surface area contributed by atoms with E-state index in [-0.39, 0.29) is 23.3 Å². The molecule has 2 atom stereocenters. The molecule has 2 unspecified atom stereocenters. The van der Waals surface area contributed by atoms with Crippen LogP contribution >= 0.6 is 0 Å². The Hall–Kier alpha value is -0.130. The summed E-state index contributed by atoms with van der Waals surface area (Å²) in [5.41, 5.74) is 5.58. The normalized spacial score (nSPS) is 27.7. The molecule has 0 amide bonds. The Morgan fingerprint density at radius 3 is 2.29 bits per heavy atom. The number of rotatable bonds is 4. The van der Waals surface area contributed by atoms with Crippen LogP contribution in [0.1, 0.15) is 33.6 Å². The molecule has 0 spiro atoms. The molecule has 84 valence electrons. The predicted octanol–water partition coefficient (Wildman–Crippen LogP) is 0.442. The minimum atomic E-state index is -3.11. The number of sulfonamides is 1. The quantitative estimate of drug-likeness (QED) is 0.722. The molecular formula is C9H20N2O2S. The minimum Gasteiger partial charge on any atom is -0.326 e. The second kappa shape index (κ2) is 3.79. The molecule has 0 heterocycles. The third-order valence-corrected chi connectivity index (χ3v) is 3.69. The SMILES string of the molecule is CC(C)(C)CCS(=O)(=O)NC1CC1N. The van der Waals surface area contributed by atoms with Crippen molar-refractivity contribution in [2.24, 2.45) is 11.1 Å². The van der Waals surface area contributed by atoms with E-state index in [9.17, 15) is 8.42 Å². The highest BCUT2D eigenvalue weighted by Gasteiger charge is 2.36. The highest BCUT2D eigenvalue weighted by atomic mass is 32.2. The fourth-order valence-electron chi connectivity index (χ4n) is 1.08. The molecule has 4 nitrogen and oxygen atoms in total. The van der Waals surface area contributed by atoms with Crippen molar-refractivity contribution in [3.05, 3.63) is 0 Å². The third-order valence-electron chi connectivity index (χ3n) is 2.29. The lowest BCUT2D eigenvalue weighted by molar-refractivity contribution is 0.396. The number of hydrogen-bond donors (Lipinski definition) is 2. The number of nitrogens with one attached hydrogen (secondary N) is 1. The zero-order valence-electron chi connectivity index (χ0n) is 9.08. The van der Waals surface area contributed by atoms with Crippen molar-refractivity contribution in [3.63, 3.8) is 0 Å². The van der Waals surface area contributed by atoms with Crippen molar-refractivity contribution in [3.8, 4) is 0 Å². The van der Waals surface area contributed by atoms with Crippen LogP contribution in [0.15, 0.2) is 0 Å². The van der Waals surface area contributed by atoms with Gasteiger partial charge < -0.3 is 5.73 Å². The van der Waals surface area contributed by atoms with Crippen LogP contribution in [0.25, 0.3) is 0 Å². The summed E-state index contributed by atoms with van der Waals surface area (Å²) in [6, 6.07) is 0.0133. The van der Waals surface area contributed by atoms with E-state index < -0.39 is 10.0 Å². The fraction of sp³-hybridized carbons (Fsp3) is 1.00. The van der Waals surface area contributed by atoms with E-state index in [1.54, 1.807) is 0 Å². The zero-order valence-corrected chi connectivity index (χ0v) is 9.89. The molecule has 14 heavy (non-hydrogen) atoms. The molecule has 1 rings (SSSR count). The van der Waals surface area contributed by atoms with Gasteiger partial charge in [0.15, 0.2) is 0 Å². The van der Waals surface area contributed by atoms with Gasteiger partial charge in [-0.15, -0.1) is 0 Å². The molecule has 0 bridgehead atoms. The topological polar surface area (TPSA) is 72.2 Å². The van der Waals surface area contributed by atoms with Crippen LogP contribution in [0.2, 0.25) is 0 Å². The van der Waals surface area contributed by atoms with Gasteiger partial charge in [0.2, 0.25) is 10.0 Å². The van der Waals surface area contributed by atoms with Crippen molar-refractivity contribution >= 4 is 10.0 Å². The molecule has 1 aliphatic carbocycles. The largest absolute Gasteiger partial charge is 0.326 e. The molecule has 3 N–H and O–H groups in total. The van der Waals surface area contributed by atoms with E-state index in [0.717, 1.165) is 6.42 Å². The number of hydrogen-bond acceptors (Lipinski definition) is 3. The Morgan fingerprint density at radius 1 is 1.43 bits per heavy atom. The van der Waals surface area contributed by atoms with Gasteiger partial charge in [-0.1, -0.05) is 20.8 Å². The summed E-state index contributed by atoms with van der Waals surface area (Å²) >= 11 is 0. The molecule has 0 aromatic rings. The Balaban J connectivity index is 2.35. The maximum atomic E-state index is 11.5. The molecule has 0 aromatic heterocycles. The molecular weight excluding hydrogens is 200 g/mol. The van der Waals surface area contributed by atoms with Crippen molar-refractivity contribution in [2.75, 3.05) is 5.75 Å². The maximum absolute atomic E-state index is 11.5. The first kappa shape index (κ1) is 11.9. The average molecular weight is 220 g/mol. The van der Waals surface area contributed by atoms with E-state index in [4.69, 9.17) is 5.73 Å². The summed E-state index contributed by atoms with van der Waals surface area (Å²) in [6.07, 6.45) is 1.44. The summed E-state index contributed by atoms with van der Waals surface area (Å²) in [5, 5.41) is 0. The second-order valence-corrected chi connectivity index (χ2v) is 7.13. The lowest BCUT2D eigenvalue weighted by Crippen LogP contribution is -2.32. The fourth-order valence-corrected chi connectivity index (χ4v) is 2.81. The van der Waals surface area contributed by atoms with Gasteiger partial charge in [0.25, 0.3) is 0 Å². The van der Waals surface area contributed by atoms with Gasteiger partial charge in [0.05, 0.1) is 5.75 Å². The van der Waals surface area contributed by atoms with E-state index in [1.165, 1.54) is 0 Å². The molecule has 0 aliphatic heterocycles. The van der Waals surface area contributed by atoms with Crippen molar-refractivity contribution in [1.29, 1.82) is 0 Å². The van der Waals surface area contributed by atoms with Gasteiger partial charge in [-0.3, -0.25) is 0 Å². The molecule has 1 aliphatic rings. The Morgan fingerprint density at radius 2 is 1.93 bits per heavy atom. The maximum Gasteiger partial charge on any atom is 0.211 e. The molecule has 0 aromatic carbocycles. The zero-order chi connectivity index (χ0) is 11.0. The van der Waals surface area contributed by atoms with Crippen LogP contribution < -0.4 is 10.5 Å². The van der Waals surface area contributed by atoms with Gasteiger partial charge in [0.1, 0.15) is 0 Å². The van der Waals surface area contributed by atoms with E-state index in [1.807, 2.05) is 20.8 Å². The highest BCUT2D eigenvalue weighted by molar-refractivity contribution is 7.89. The van der Waals surface area contributed by atoms with E-state index in [0.29, 0.717) is 6.42 Å². The molecule has 5 heteroatoms. The lowest BCUT2D eigenvalue weighted by Gasteiger charge is -2.17. The Bertz CT molecular complexity index is 292. The summed E-state index contributed by atoms with van der Waals surface area (Å²) in [6.45, 7) is 6.10. The monoisotopic (exact) mass is 220 g/mol. The van der Waals surface area contributed by atoms with Crippen molar-refractivity contribution in [2.45, 2.75) is 45.7 Å². The van der Waals surface area contributed by atoms with Gasteiger partial charge in [-0.2, -0.15) is 0 Å². The van der Waals surface area contributed by atoms with Gasteiger partial charge in [-0.25, -0.2) is 13.1 Å². The van der Waals surface area contributed by atoms with Crippen LogP contribution in [0.4, 0.5) is 0 Å². The summed E-state index contributed by atoms with van der Waals surface area (Å²) in [5.74, 6) is 0.194. The van der Waals surface area contributed by atoms with Gasteiger partial charge in [0, 0.05) is 12.1 Å². The summed E-state index contributed by atoms with van der Waals surface area (Å²) in [4.78, 5) is 0. The van der Waals surface area contributed by atoms with Crippen molar-refractivity contribution < 1.29 is 8.42 Å². The minimum absolute atomic E-state index is 0.0139. The van der Waals surface area contributed by atoms with Crippen LogP contribution in [0.3, 0.4) is 0 Å². The van der Waals surface area contributed by atoms with Crippen molar-refractivity contribution in [1.82, 2.24) is 4.72 Å². The Kier molecular flexibility index (Phi) is 3.23. The third kappa shape index (κ3) is 4.39. The molecule has 0 radical (unpaired) electrons. The first-order valence-electron chi connectivity index (χ1n) is 4.95. The highest BCUT2D eigenvalue weighted by Crippen LogP contribution is 2.22. The molecule has 1 fully saturated rings.